The fraction of sp³-hybridized carbons (Fsp3) is 0.579. The number of hydrogen-bond donors (Lipinski definition) is 0. The maximum Gasteiger partial charge on any atom is 0.269 e. The summed E-state index contributed by atoms with van der Waals surface area (Å²) in [6, 6.07) is 2.97. The van der Waals surface area contributed by atoms with Crippen molar-refractivity contribution < 1.29 is 23.0 Å². The Morgan fingerprint density at radius 3 is 2.44 bits per heavy atom. The second-order valence-electron chi connectivity index (χ2n) is 7.01. The topological polar surface area (TPSA) is 30.9 Å². The first kappa shape index (κ1) is 19.5. The molecule has 6 heteroatoms. The van der Waals surface area contributed by atoms with Crippen LogP contribution in [0, 0.1) is 12.7 Å². The van der Waals surface area contributed by atoms with Gasteiger partial charge in [-0.05, 0) is 46.2 Å². The molecule has 1 aromatic carbocycles. The summed E-state index contributed by atoms with van der Waals surface area (Å²) in [6.07, 6.45) is 2.51. The molecule has 0 radical (unpaired) electrons. The van der Waals surface area contributed by atoms with Gasteiger partial charge in [0.15, 0.2) is 0 Å². The van der Waals surface area contributed by atoms with Crippen LogP contribution in [-0.2, 0) is 9.47 Å². The lowest BCUT2D eigenvalue weighted by Crippen LogP contribution is -2.44. The Labute approximate surface area is 148 Å². The molecule has 25 heavy (non-hydrogen) atoms. The summed E-state index contributed by atoms with van der Waals surface area (Å²) in [7, 11) is 0. The summed E-state index contributed by atoms with van der Waals surface area (Å²) >= 11 is 0. The van der Waals surface area contributed by atoms with Gasteiger partial charge in [0.2, 0.25) is 0 Å². The first-order chi connectivity index (χ1) is 11.8. The predicted octanol–water partition coefficient (Wildman–Crippen LogP) is 4.49. The largest absolute Gasteiger partial charge is 0.492 e. The lowest BCUT2D eigenvalue weighted by Gasteiger charge is -2.35. The van der Waals surface area contributed by atoms with Gasteiger partial charge in [-0.1, -0.05) is 0 Å². The van der Waals surface area contributed by atoms with Crippen LogP contribution < -0.4 is 4.74 Å². The number of alkyl halides is 1. The van der Waals surface area contributed by atoms with E-state index in [9.17, 15) is 8.78 Å². The van der Waals surface area contributed by atoms with E-state index in [1.807, 2.05) is 0 Å². The Kier molecular flexibility index (Phi) is 6.64. The van der Waals surface area contributed by atoms with Gasteiger partial charge in [0.25, 0.3) is 6.29 Å². The van der Waals surface area contributed by atoms with Gasteiger partial charge in [0.1, 0.15) is 30.7 Å². The van der Waals surface area contributed by atoms with Crippen LogP contribution in [0.25, 0.3) is 0 Å². The summed E-state index contributed by atoms with van der Waals surface area (Å²) < 4.78 is 43.0. The zero-order chi connectivity index (χ0) is 18.4. The molecule has 0 unspecified atom stereocenters. The zero-order valence-electron chi connectivity index (χ0n) is 15.4. The van der Waals surface area contributed by atoms with Gasteiger partial charge in [-0.15, -0.1) is 0 Å². The summed E-state index contributed by atoms with van der Waals surface area (Å²) in [6.45, 7) is 9.49. The Hall–Kier alpha value is -1.82. The van der Waals surface area contributed by atoms with Crippen LogP contribution in [0.2, 0.25) is 0 Å². The van der Waals surface area contributed by atoms with Crippen molar-refractivity contribution in [1.82, 2.24) is 4.90 Å². The fourth-order valence-corrected chi connectivity index (χ4v) is 2.80. The Morgan fingerprint density at radius 2 is 1.84 bits per heavy atom. The normalized spacial score (nSPS) is 14.7. The molecule has 0 spiro atoms. The van der Waals surface area contributed by atoms with Crippen molar-refractivity contribution in [3.8, 4) is 5.75 Å². The van der Waals surface area contributed by atoms with E-state index >= 15 is 0 Å². The van der Waals surface area contributed by atoms with E-state index in [0.717, 1.165) is 0 Å². The molecule has 0 N–H and O–H groups in total. The minimum Gasteiger partial charge on any atom is -0.492 e. The third kappa shape index (κ3) is 5.08. The minimum atomic E-state index is -0.779. The van der Waals surface area contributed by atoms with Crippen LogP contribution in [0.5, 0.6) is 5.75 Å². The highest BCUT2D eigenvalue weighted by Gasteiger charge is 2.25. The van der Waals surface area contributed by atoms with E-state index in [0.29, 0.717) is 43.0 Å². The van der Waals surface area contributed by atoms with E-state index in [4.69, 9.17) is 14.2 Å². The molecule has 0 aromatic heterocycles. The van der Waals surface area contributed by atoms with Crippen molar-refractivity contribution in [2.45, 2.75) is 45.9 Å². The molecule has 1 aliphatic heterocycles. The maximum atomic E-state index is 14.1. The second kappa shape index (κ2) is 8.52. The second-order valence-corrected chi connectivity index (χ2v) is 7.01. The SMILES string of the molecule is Cc1c(OCCN(CCCF)C(C)(C)C)ccc(F)c1C1OC=CO1. The number of nitrogens with zero attached hydrogens (tertiary/aromatic N) is 1. The minimum absolute atomic E-state index is 0.0707. The van der Waals surface area contributed by atoms with Gasteiger partial charge in [-0.25, -0.2) is 4.39 Å². The monoisotopic (exact) mass is 355 g/mol. The molecule has 1 heterocycles. The molecule has 4 nitrogen and oxygen atoms in total. The first-order valence-electron chi connectivity index (χ1n) is 8.53. The lowest BCUT2D eigenvalue weighted by atomic mass is 10.1. The number of rotatable bonds is 8. The van der Waals surface area contributed by atoms with Gasteiger partial charge in [0, 0.05) is 24.2 Å². The van der Waals surface area contributed by atoms with Crippen LogP contribution >= 0.6 is 0 Å². The highest BCUT2D eigenvalue weighted by atomic mass is 19.1. The van der Waals surface area contributed by atoms with Crippen molar-refractivity contribution in [2.24, 2.45) is 0 Å². The van der Waals surface area contributed by atoms with Crippen LogP contribution in [0.4, 0.5) is 8.78 Å². The van der Waals surface area contributed by atoms with Gasteiger partial charge < -0.3 is 14.2 Å². The third-order valence-corrected chi connectivity index (χ3v) is 4.24. The quantitative estimate of drug-likeness (QED) is 0.687. The molecule has 0 amide bonds. The molecular formula is C19H27F2NO3. The molecule has 0 fully saturated rings. The van der Waals surface area contributed by atoms with E-state index < -0.39 is 12.1 Å². The van der Waals surface area contributed by atoms with Crippen LogP contribution in [0.3, 0.4) is 0 Å². The highest BCUT2D eigenvalue weighted by molar-refractivity contribution is 5.41. The predicted molar refractivity (Wildman–Crippen MR) is 92.6 cm³/mol. The highest BCUT2D eigenvalue weighted by Crippen LogP contribution is 2.33. The van der Waals surface area contributed by atoms with Crippen molar-refractivity contribution in [1.29, 1.82) is 0 Å². The molecule has 1 aliphatic rings. The average Bonchev–Trinajstić information content (AvgIpc) is 3.05. The van der Waals surface area contributed by atoms with Gasteiger partial charge in [-0.3, -0.25) is 9.29 Å². The zero-order valence-corrected chi connectivity index (χ0v) is 15.4. The van der Waals surface area contributed by atoms with E-state index in [-0.39, 0.29) is 12.2 Å². The van der Waals surface area contributed by atoms with Crippen LogP contribution in [0.15, 0.2) is 24.7 Å². The molecule has 0 saturated carbocycles. The first-order valence-corrected chi connectivity index (χ1v) is 8.53. The molecule has 140 valence electrons. The number of benzene rings is 1. The molecule has 2 rings (SSSR count). The van der Waals surface area contributed by atoms with E-state index in [2.05, 4.69) is 25.7 Å². The summed E-state index contributed by atoms with van der Waals surface area (Å²) in [5, 5.41) is 0. The van der Waals surface area contributed by atoms with Crippen molar-refractivity contribution >= 4 is 0 Å². The van der Waals surface area contributed by atoms with E-state index in [1.165, 1.54) is 18.6 Å². The maximum absolute atomic E-state index is 14.1. The molecular weight excluding hydrogens is 328 g/mol. The Bertz CT molecular complexity index is 591. The number of hydrogen-bond acceptors (Lipinski definition) is 4. The van der Waals surface area contributed by atoms with E-state index in [1.54, 1.807) is 13.0 Å². The van der Waals surface area contributed by atoms with Crippen molar-refractivity contribution in [2.75, 3.05) is 26.4 Å². The Balaban J connectivity index is 2.01. The van der Waals surface area contributed by atoms with Crippen LogP contribution in [-0.4, -0.2) is 36.8 Å². The molecule has 0 aliphatic carbocycles. The fourth-order valence-electron chi connectivity index (χ4n) is 2.80. The molecule has 0 atom stereocenters. The van der Waals surface area contributed by atoms with Crippen LogP contribution in [0.1, 0.15) is 44.6 Å². The summed E-state index contributed by atoms with van der Waals surface area (Å²) in [4.78, 5) is 2.18. The smallest absolute Gasteiger partial charge is 0.269 e. The number of ether oxygens (including phenoxy) is 3. The average molecular weight is 355 g/mol. The van der Waals surface area contributed by atoms with Gasteiger partial charge in [0.05, 0.1) is 12.2 Å². The lowest BCUT2D eigenvalue weighted by molar-refractivity contribution is -0.0278. The summed E-state index contributed by atoms with van der Waals surface area (Å²) in [5.74, 6) is 0.202. The molecule has 1 aromatic rings. The number of halogens is 2. The van der Waals surface area contributed by atoms with Crippen molar-refractivity contribution in [3.05, 3.63) is 41.6 Å². The van der Waals surface area contributed by atoms with Crippen molar-refractivity contribution in [3.63, 3.8) is 0 Å². The van der Waals surface area contributed by atoms with Gasteiger partial charge >= 0.3 is 0 Å². The Morgan fingerprint density at radius 1 is 1.16 bits per heavy atom. The molecule has 0 saturated heterocycles. The third-order valence-electron chi connectivity index (χ3n) is 4.24. The standard InChI is InChI=1S/C19H27F2NO3/c1-14-16(7-6-15(21)17(14)18-24-12-13-25-18)23-11-10-22(9-5-8-20)19(2,3)4/h6-7,12-13,18H,5,8-11H2,1-4H3. The molecule has 0 bridgehead atoms. The van der Waals surface area contributed by atoms with Gasteiger partial charge in [-0.2, -0.15) is 0 Å². The summed E-state index contributed by atoms with van der Waals surface area (Å²) in [5.41, 5.74) is 0.922.